The average molecular weight is 434 g/mol. The summed E-state index contributed by atoms with van der Waals surface area (Å²) >= 11 is 0.956. The van der Waals surface area contributed by atoms with Gasteiger partial charge in [0.15, 0.2) is 11.5 Å². The Morgan fingerprint density at radius 2 is 1.77 bits per heavy atom. The number of thioether (sulfide) groups is 1. The summed E-state index contributed by atoms with van der Waals surface area (Å²) in [7, 11) is 1.57. The molecule has 1 aliphatic rings. The number of carbonyl (C=O) groups is 2. The molecule has 0 radical (unpaired) electrons. The number of fused-ring (bicyclic) bond motifs is 1. The molecule has 0 N–H and O–H groups in total. The van der Waals surface area contributed by atoms with E-state index in [9.17, 15) is 9.59 Å². The van der Waals surface area contributed by atoms with Gasteiger partial charge in [0.25, 0.3) is 11.1 Å². The number of hydrogen-bond donors (Lipinski definition) is 0. The van der Waals surface area contributed by atoms with Crippen LogP contribution in [0.1, 0.15) is 25.0 Å². The van der Waals surface area contributed by atoms with Crippen molar-refractivity contribution in [1.82, 2.24) is 4.90 Å². The minimum Gasteiger partial charge on any atom is -0.493 e. The van der Waals surface area contributed by atoms with Gasteiger partial charge in [-0.3, -0.25) is 14.5 Å². The van der Waals surface area contributed by atoms with Crippen molar-refractivity contribution >= 4 is 39.8 Å². The zero-order chi connectivity index (χ0) is 22.0. The second-order valence-corrected chi connectivity index (χ2v) is 8.48. The highest BCUT2D eigenvalue weighted by molar-refractivity contribution is 8.18. The normalized spacial score (nSPS) is 15.4. The second kappa shape index (κ2) is 8.86. The van der Waals surface area contributed by atoms with E-state index in [0.29, 0.717) is 16.4 Å². The Labute approximate surface area is 185 Å². The fourth-order valence-corrected chi connectivity index (χ4v) is 4.35. The molecule has 6 heteroatoms. The van der Waals surface area contributed by atoms with Gasteiger partial charge in [-0.15, -0.1) is 0 Å². The minimum atomic E-state index is -0.288. The Hall–Kier alpha value is -3.25. The van der Waals surface area contributed by atoms with E-state index < -0.39 is 0 Å². The fraction of sp³-hybridized carbons (Fsp3) is 0.200. The second-order valence-electron chi connectivity index (χ2n) is 7.48. The number of carbonyl (C=O) groups excluding carboxylic acids is 2. The lowest BCUT2D eigenvalue weighted by Crippen LogP contribution is -2.27. The first-order valence-corrected chi connectivity index (χ1v) is 10.8. The van der Waals surface area contributed by atoms with E-state index in [2.05, 4.69) is 0 Å². The monoisotopic (exact) mass is 433 g/mol. The van der Waals surface area contributed by atoms with E-state index in [4.69, 9.17) is 9.47 Å². The van der Waals surface area contributed by atoms with Crippen molar-refractivity contribution in [2.24, 2.45) is 0 Å². The third-order valence-corrected chi connectivity index (χ3v) is 5.84. The molecule has 1 fully saturated rings. The van der Waals surface area contributed by atoms with E-state index in [1.54, 1.807) is 19.3 Å². The number of imide groups is 1. The third kappa shape index (κ3) is 4.44. The molecular formula is C25H23NO4S. The van der Waals surface area contributed by atoms with E-state index >= 15 is 0 Å². The predicted molar refractivity (Wildman–Crippen MR) is 124 cm³/mol. The summed E-state index contributed by atoms with van der Waals surface area (Å²) in [5.74, 6) is 0.931. The first kappa shape index (κ1) is 21.0. The van der Waals surface area contributed by atoms with Gasteiger partial charge < -0.3 is 9.47 Å². The molecule has 0 bridgehead atoms. The molecule has 1 heterocycles. The molecule has 31 heavy (non-hydrogen) atoms. The van der Waals surface area contributed by atoms with Crippen molar-refractivity contribution in [3.63, 3.8) is 0 Å². The highest BCUT2D eigenvalue weighted by atomic mass is 32.2. The predicted octanol–water partition coefficient (Wildman–Crippen LogP) is 5.87. The van der Waals surface area contributed by atoms with Crippen LogP contribution in [-0.4, -0.2) is 29.3 Å². The topological polar surface area (TPSA) is 55.8 Å². The maximum absolute atomic E-state index is 13.0. The summed E-state index contributed by atoms with van der Waals surface area (Å²) in [4.78, 5) is 27.3. The van der Waals surface area contributed by atoms with Crippen molar-refractivity contribution in [3.8, 4) is 11.5 Å². The van der Waals surface area contributed by atoms with Crippen molar-refractivity contribution in [3.05, 3.63) is 76.7 Å². The lowest BCUT2D eigenvalue weighted by molar-refractivity contribution is -0.123. The van der Waals surface area contributed by atoms with Gasteiger partial charge in [0.1, 0.15) is 0 Å². The molecule has 3 aromatic rings. The quantitative estimate of drug-likeness (QED) is 0.455. The molecule has 2 amide bonds. The van der Waals surface area contributed by atoms with E-state index in [1.165, 1.54) is 4.90 Å². The molecule has 0 unspecified atom stereocenters. The minimum absolute atomic E-state index is 0.0188. The van der Waals surface area contributed by atoms with E-state index in [-0.39, 0.29) is 23.8 Å². The molecule has 0 aliphatic carbocycles. The number of rotatable bonds is 6. The van der Waals surface area contributed by atoms with Gasteiger partial charge in [-0.05, 0) is 65.7 Å². The van der Waals surface area contributed by atoms with Crippen LogP contribution in [0.4, 0.5) is 4.79 Å². The van der Waals surface area contributed by atoms with Crippen molar-refractivity contribution in [2.75, 3.05) is 7.11 Å². The van der Waals surface area contributed by atoms with Gasteiger partial charge in [0.05, 0.1) is 24.7 Å². The van der Waals surface area contributed by atoms with Gasteiger partial charge >= 0.3 is 0 Å². The molecule has 3 aromatic carbocycles. The molecule has 158 valence electrons. The Balaban J connectivity index is 1.59. The van der Waals surface area contributed by atoms with Gasteiger partial charge in [-0.1, -0.05) is 48.5 Å². The molecule has 1 aliphatic heterocycles. The number of hydrogen-bond acceptors (Lipinski definition) is 5. The first-order chi connectivity index (χ1) is 15.0. The van der Waals surface area contributed by atoms with Crippen LogP contribution in [0.3, 0.4) is 0 Å². The summed E-state index contributed by atoms with van der Waals surface area (Å²) in [6.45, 7) is 4.13. The van der Waals surface area contributed by atoms with Crippen molar-refractivity contribution < 1.29 is 19.1 Å². The maximum Gasteiger partial charge on any atom is 0.293 e. The molecule has 1 saturated heterocycles. The van der Waals surface area contributed by atoms with Crippen molar-refractivity contribution in [1.29, 1.82) is 0 Å². The molecule has 0 spiro atoms. The first-order valence-electron chi connectivity index (χ1n) is 10.0. The van der Waals surface area contributed by atoms with Crippen LogP contribution in [0.25, 0.3) is 16.8 Å². The van der Waals surface area contributed by atoms with Crippen LogP contribution in [-0.2, 0) is 11.3 Å². The summed E-state index contributed by atoms with van der Waals surface area (Å²) in [6.07, 6.45) is 1.74. The largest absolute Gasteiger partial charge is 0.493 e. The Morgan fingerprint density at radius 1 is 1.00 bits per heavy atom. The molecule has 0 saturated carbocycles. The highest BCUT2D eigenvalue weighted by Crippen LogP contribution is 2.36. The number of ether oxygens (including phenoxy) is 2. The zero-order valence-electron chi connectivity index (χ0n) is 17.6. The number of benzene rings is 3. The van der Waals surface area contributed by atoms with Crippen LogP contribution in [0.5, 0.6) is 11.5 Å². The molecule has 5 nitrogen and oxygen atoms in total. The van der Waals surface area contributed by atoms with Crippen molar-refractivity contribution in [2.45, 2.75) is 26.5 Å². The summed E-state index contributed by atoms with van der Waals surface area (Å²) < 4.78 is 11.2. The Kier molecular flexibility index (Phi) is 6.00. The molecule has 4 rings (SSSR count). The van der Waals surface area contributed by atoms with Crippen LogP contribution < -0.4 is 9.47 Å². The smallest absolute Gasteiger partial charge is 0.293 e. The SMILES string of the molecule is COc1cc(/C=C2/SC(=O)N(Cc3cccc4ccccc34)C2=O)ccc1OC(C)C. The van der Waals surface area contributed by atoms with Gasteiger partial charge in [-0.25, -0.2) is 0 Å². The number of methoxy groups -OCH3 is 1. The molecule has 0 aromatic heterocycles. The fourth-order valence-electron chi connectivity index (χ4n) is 3.51. The maximum atomic E-state index is 13.0. The summed E-state index contributed by atoms with van der Waals surface area (Å²) in [6, 6.07) is 19.3. The van der Waals surface area contributed by atoms with Crippen LogP contribution in [0.2, 0.25) is 0 Å². The van der Waals surface area contributed by atoms with Crippen LogP contribution >= 0.6 is 11.8 Å². The summed E-state index contributed by atoms with van der Waals surface area (Å²) in [5.41, 5.74) is 1.71. The Morgan fingerprint density at radius 3 is 2.55 bits per heavy atom. The van der Waals surface area contributed by atoms with Crippen LogP contribution in [0.15, 0.2) is 65.6 Å². The Bertz CT molecular complexity index is 1180. The lowest BCUT2D eigenvalue weighted by atomic mass is 10.0. The van der Waals surface area contributed by atoms with E-state index in [0.717, 1.165) is 33.7 Å². The summed E-state index contributed by atoms with van der Waals surface area (Å²) in [5, 5.41) is 1.85. The third-order valence-electron chi connectivity index (χ3n) is 4.93. The van der Waals surface area contributed by atoms with Gasteiger partial charge in [0, 0.05) is 0 Å². The van der Waals surface area contributed by atoms with Gasteiger partial charge in [-0.2, -0.15) is 0 Å². The van der Waals surface area contributed by atoms with E-state index in [1.807, 2.05) is 68.4 Å². The zero-order valence-corrected chi connectivity index (χ0v) is 18.4. The average Bonchev–Trinajstić information content (AvgIpc) is 3.02. The molecular weight excluding hydrogens is 410 g/mol. The molecule has 0 atom stereocenters. The van der Waals surface area contributed by atoms with Crippen LogP contribution in [0, 0.1) is 0 Å². The standard InChI is InChI=1S/C25H23NO4S/c1-16(2)30-21-12-11-17(13-22(21)29-3)14-23-24(27)26(25(28)31-23)15-19-9-6-8-18-7-4-5-10-20(18)19/h4-14,16H,15H2,1-3H3/b23-14+. The highest BCUT2D eigenvalue weighted by Gasteiger charge is 2.35. The van der Waals surface area contributed by atoms with Gasteiger partial charge in [0.2, 0.25) is 0 Å². The number of amides is 2. The lowest BCUT2D eigenvalue weighted by Gasteiger charge is -2.14. The number of nitrogens with zero attached hydrogens (tertiary/aromatic N) is 1.